The molecule has 0 atom stereocenters. The first-order valence-electron chi connectivity index (χ1n) is 5.41. The zero-order chi connectivity index (χ0) is 9.03. The molecule has 0 unspecified atom stereocenters. The van der Waals surface area contributed by atoms with Gasteiger partial charge >= 0.3 is 0 Å². The molecule has 1 heterocycles. The van der Waals surface area contributed by atoms with Gasteiger partial charge in [0.25, 0.3) is 0 Å². The molecule has 0 amide bonds. The molecule has 0 radical (unpaired) electrons. The van der Waals surface area contributed by atoms with Crippen molar-refractivity contribution in [3.63, 3.8) is 0 Å². The Morgan fingerprint density at radius 1 is 1.08 bits per heavy atom. The van der Waals surface area contributed by atoms with Crippen molar-refractivity contribution in [3.8, 4) is 0 Å². The number of hydrogen-bond acceptors (Lipinski definition) is 1. The van der Waals surface area contributed by atoms with E-state index in [9.17, 15) is 0 Å². The molecule has 1 nitrogen and oxygen atoms in total. The Hall–Kier alpha value is -0.0400. The van der Waals surface area contributed by atoms with Gasteiger partial charge in [-0.25, -0.2) is 0 Å². The highest BCUT2D eigenvalue weighted by Gasteiger charge is 2.38. The van der Waals surface area contributed by atoms with Gasteiger partial charge in [0.15, 0.2) is 0 Å². The van der Waals surface area contributed by atoms with Gasteiger partial charge in [0, 0.05) is 13.1 Å². The van der Waals surface area contributed by atoms with E-state index in [1.807, 2.05) is 0 Å². The van der Waals surface area contributed by atoms with Crippen LogP contribution < -0.4 is 0 Å². The normalized spacial score (nSPS) is 22.2. The van der Waals surface area contributed by atoms with E-state index in [1.165, 1.54) is 45.2 Å². The molecule has 1 saturated heterocycles. The number of hydrogen-bond donors (Lipinski definition) is 0. The van der Waals surface area contributed by atoms with Crippen LogP contribution in [0, 0.1) is 5.41 Å². The van der Waals surface area contributed by atoms with E-state index >= 15 is 0 Å². The van der Waals surface area contributed by atoms with Crippen LogP contribution in [-0.4, -0.2) is 25.0 Å². The molecule has 0 N–H and O–H groups in total. The largest absolute Gasteiger partial charge is 0.305 e. The van der Waals surface area contributed by atoms with E-state index in [1.54, 1.807) is 0 Å². The summed E-state index contributed by atoms with van der Waals surface area (Å²) in [7, 11) is 2.24. The Kier molecular flexibility index (Phi) is 3.57. The third kappa shape index (κ3) is 2.22. The summed E-state index contributed by atoms with van der Waals surface area (Å²) in [5.74, 6) is 0. The molecule has 0 bridgehead atoms. The standard InChI is InChI=1S/C11H23N/c1-4-6-8-11(7-5-2)9-12(3)10-11/h4-10H2,1-3H3. The van der Waals surface area contributed by atoms with Crippen LogP contribution in [0.3, 0.4) is 0 Å². The third-order valence-electron chi connectivity index (χ3n) is 3.05. The molecule has 0 aromatic carbocycles. The monoisotopic (exact) mass is 169 g/mol. The van der Waals surface area contributed by atoms with Crippen LogP contribution in [0.2, 0.25) is 0 Å². The Labute approximate surface area is 77.1 Å². The van der Waals surface area contributed by atoms with E-state index in [0.717, 1.165) is 5.41 Å². The predicted molar refractivity (Wildman–Crippen MR) is 54.4 cm³/mol. The fourth-order valence-electron chi connectivity index (χ4n) is 2.62. The van der Waals surface area contributed by atoms with Gasteiger partial charge in [-0.05, 0) is 25.3 Å². The van der Waals surface area contributed by atoms with E-state index < -0.39 is 0 Å². The Balaban J connectivity index is 2.29. The lowest BCUT2D eigenvalue weighted by molar-refractivity contribution is 0.00451. The van der Waals surface area contributed by atoms with Crippen molar-refractivity contribution in [2.24, 2.45) is 5.41 Å². The van der Waals surface area contributed by atoms with Crippen molar-refractivity contribution in [1.29, 1.82) is 0 Å². The summed E-state index contributed by atoms with van der Waals surface area (Å²) >= 11 is 0. The minimum Gasteiger partial charge on any atom is -0.305 e. The highest BCUT2D eigenvalue weighted by molar-refractivity contribution is 4.92. The van der Waals surface area contributed by atoms with Crippen molar-refractivity contribution < 1.29 is 0 Å². The molecule has 12 heavy (non-hydrogen) atoms. The first-order valence-corrected chi connectivity index (χ1v) is 5.41. The zero-order valence-corrected chi connectivity index (χ0v) is 8.90. The van der Waals surface area contributed by atoms with Gasteiger partial charge in [-0.3, -0.25) is 0 Å². The second-order valence-corrected chi connectivity index (χ2v) is 4.53. The SMILES string of the molecule is CCCCC1(CCC)CN(C)C1. The molecule has 0 saturated carbocycles. The van der Waals surface area contributed by atoms with Crippen LogP contribution in [0.1, 0.15) is 46.0 Å². The summed E-state index contributed by atoms with van der Waals surface area (Å²) in [5, 5.41) is 0. The van der Waals surface area contributed by atoms with E-state index in [2.05, 4.69) is 25.8 Å². The lowest BCUT2D eigenvalue weighted by atomic mass is 9.73. The van der Waals surface area contributed by atoms with Crippen LogP contribution in [-0.2, 0) is 0 Å². The van der Waals surface area contributed by atoms with Gasteiger partial charge in [-0.15, -0.1) is 0 Å². The Morgan fingerprint density at radius 3 is 2.17 bits per heavy atom. The van der Waals surface area contributed by atoms with E-state index in [-0.39, 0.29) is 0 Å². The molecule has 0 aromatic heterocycles. The zero-order valence-electron chi connectivity index (χ0n) is 8.90. The Bertz CT molecular complexity index is 119. The van der Waals surface area contributed by atoms with Crippen molar-refractivity contribution in [1.82, 2.24) is 4.90 Å². The summed E-state index contributed by atoms with van der Waals surface area (Å²) in [5.41, 5.74) is 0.722. The fraction of sp³-hybridized carbons (Fsp3) is 1.00. The van der Waals surface area contributed by atoms with Gasteiger partial charge < -0.3 is 4.90 Å². The molecule has 1 aliphatic heterocycles. The summed E-state index contributed by atoms with van der Waals surface area (Å²) in [6.07, 6.45) is 7.04. The number of rotatable bonds is 5. The third-order valence-corrected chi connectivity index (χ3v) is 3.05. The molecular weight excluding hydrogens is 146 g/mol. The predicted octanol–water partition coefficient (Wildman–Crippen LogP) is 2.91. The van der Waals surface area contributed by atoms with Crippen molar-refractivity contribution in [2.45, 2.75) is 46.0 Å². The molecule has 0 aromatic rings. The van der Waals surface area contributed by atoms with Crippen molar-refractivity contribution in [3.05, 3.63) is 0 Å². The quantitative estimate of drug-likeness (QED) is 0.611. The molecule has 72 valence electrons. The van der Waals surface area contributed by atoms with Gasteiger partial charge in [0.05, 0.1) is 0 Å². The highest BCUT2D eigenvalue weighted by atomic mass is 15.2. The number of unbranched alkanes of at least 4 members (excludes halogenated alkanes) is 1. The summed E-state index contributed by atoms with van der Waals surface area (Å²) in [6.45, 7) is 7.30. The van der Waals surface area contributed by atoms with Gasteiger partial charge in [-0.2, -0.15) is 0 Å². The molecule has 1 rings (SSSR count). The minimum absolute atomic E-state index is 0.722. The number of likely N-dealkylation sites (tertiary alicyclic amines) is 1. The van der Waals surface area contributed by atoms with Crippen molar-refractivity contribution >= 4 is 0 Å². The average Bonchev–Trinajstić information content (AvgIpc) is 1.98. The maximum absolute atomic E-state index is 2.45. The summed E-state index contributed by atoms with van der Waals surface area (Å²) in [6, 6.07) is 0. The van der Waals surface area contributed by atoms with E-state index in [4.69, 9.17) is 0 Å². The average molecular weight is 169 g/mol. The smallest absolute Gasteiger partial charge is 0.00474 e. The first kappa shape index (κ1) is 10.0. The summed E-state index contributed by atoms with van der Waals surface area (Å²) in [4.78, 5) is 2.45. The van der Waals surface area contributed by atoms with E-state index in [0.29, 0.717) is 0 Å². The van der Waals surface area contributed by atoms with Crippen LogP contribution in [0.5, 0.6) is 0 Å². The van der Waals surface area contributed by atoms with Gasteiger partial charge in [-0.1, -0.05) is 33.1 Å². The maximum atomic E-state index is 2.45. The van der Waals surface area contributed by atoms with Crippen LogP contribution in [0.15, 0.2) is 0 Å². The first-order chi connectivity index (χ1) is 5.72. The fourth-order valence-corrected chi connectivity index (χ4v) is 2.62. The van der Waals surface area contributed by atoms with Crippen molar-refractivity contribution in [2.75, 3.05) is 20.1 Å². The summed E-state index contributed by atoms with van der Waals surface area (Å²) < 4.78 is 0. The lowest BCUT2D eigenvalue weighted by Crippen LogP contribution is -2.54. The van der Waals surface area contributed by atoms with Crippen LogP contribution in [0.25, 0.3) is 0 Å². The molecule has 1 heteroatoms. The molecule has 0 spiro atoms. The molecule has 1 fully saturated rings. The highest BCUT2D eigenvalue weighted by Crippen LogP contribution is 2.38. The van der Waals surface area contributed by atoms with Gasteiger partial charge in [0.2, 0.25) is 0 Å². The van der Waals surface area contributed by atoms with Crippen LogP contribution >= 0.6 is 0 Å². The van der Waals surface area contributed by atoms with Gasteiger partial charge in [0.1, 0.15) is 0 Å². The maximum Gasteiger partial charge on any atom is 0.00474 e. The van der Waals surface area contributed by atoms with Crippen LogP contribution in [0.4, 0.5) is 0 Å². The molecular formula is C11H23N. The second kappa shape index (κ2) is 4.27. The molecule has 1 aliphatic rings. The Morgan fingerprint density at radius 2 is 1.75 bits per heavy atom. The number of nitrogens with zero attached hydrogens (tertiary/aromatic N) is 1. The topological polar surface area (TPSA) is 3.24 Å². The molecule has 0 aliphatic carbocycles. The lowest BCUT2D eigenvalue weighted by Gasteiger charge is -2.49. The second-order valence-electron chi connectivity index (χ2n) is 4.53. The minimum atomic E-state index is 0.722.